The highest BCUT2D eigenvalue weighted by Gasteiger charge is 2.36. The molecule has 0 aliphatic heterocycles. The summed E-state index contributed by atoms with van der Waals surface area (Å²) in [6.07, 6.45) is 4.03. The normalized spacial score (nSPS) is 12.9. The summed E-state index contributed by atoms with van der Waals surface area (Å²) in [6.45, 7) is 8.57. The van der Waals surface area contributed by atoms with Gasteiger partial charge in [0.1, 0.15) is 0 Å². The van der Waals surface area contributed by atoms with E-state index in [-0.39, 0.29) is 7.41 Å². The second-order valence-electron chi connectivity index (χ2n) is 6.67. The van der Waals surface area contributed by atoms with Crippen LogP contribution in [0.4, 0.5) is 0 Å². The van der Waals surface area contributed by atoms with E-state index in [2.05, 4.69) is 24.9 Å². The summed E-state index contributed by atoms with van der Waals surface area (Å²) in [5.41, 5.74) is 0. The summed E-state index contributed by atoms with van der Waals surface area (Å²) in [5, 5.41) is 2.53. The van der Waals surface area contributed by atoms with Gasteiger partial charge in [0.05, 0.1) is 0 Å². The molecule has 0 atom stereocenters. The van der Waals surface area contributed by atoms with Crippen LogP contribution in [0.25, 0.3) is 0 Å². The van der Waals surface area contributed by atoms with E-state index in [9.17, 15) is 0 Å². The molecule has 0 aromatic heterocycles. The molecule has 0 amide bonds. The molecule has 19 heavy (non-hydrogen) atoms. The van der Waals surface area contributed by atoms with Crippen molar-refractivity contribution in [2.75, 3.05) is 27.9 Å². The largest absolute Gasteiger partial charge is 0.541 e. The van der Waals surface area contributed by atoms with Crippen molar-refractivity contribution >= 4 is 24.3 Å². The second-order valence-corrected chi connectivity index (χ2v) is 15.4. The molecule has 2 N–H and O–H groups in total. The molecule has 0 rings (SSSR count). The number of rotatable bonds is 12. The van der Waals surface area contributed by atoms with Gasteiger partial charge in [0, 0.05) is 42.0 Å². The van der Waals surface area contributed by atoms with E-state index in [1.54, 1.807) is 21.3 Å². The molecule has 0 unspecified atom stereocenters. The van der Waals surface area contributed by atoms with Crippen molar-refractivity contribution in [1.82, 2.24) is 0 Å². The van der Waals surface area contributed by atoms with Crippen molar-refractivity contribution in [3.8, 4) is 0 Å². The summed E-state index contributed by atoms with van der Waals surface area (Å²) in [7, 11) is 2.10. The third kappa shape index (κ3) is 9.81. The van der Waals surface area contributed by atoms with E-state index in [1.165, 1.54) is 25.3 Å². The third-order valence-corrected chi connectivity index (χ3v) is 8.45. The Morgan fingerprint density at radius 2 is 1.47 bits per heavy atom. The maximum atomic E-state index is 5.41. The van der Waals surface area contributed by atoms with Crippen LogP contribution in [0.5, 0.6) is 0 Å². The maximum Gasteiger partial charge on any atom is 0.500 e. The molecule has 0 aliphatic carbocycles. The minimum Gasteiger partial charge on any atom is -0.541 e. The molecule has 0 radical (unpaired) electrons. The Kier molecular flexibility index (Phi) is 10.3. The molecule has 0 saturated heterocycles. The van der Waals surface area contributed by atoms with E-state index in [0.717, 1.165) is 12.5 Å². The smallest absolute Gasteiger partial charge is 0.500 e. The lowest BCUT2D eigenvalue weighted by molar-refractivity contribution is -0.514. The van der Waals surface area contributed by atoms with Crippen LogP contribution in [-0.4, -0.2) is 52.2 Å². The SMILES string of the molecule is CO[Si](CCC[NH2+][BH2-]CCC[Si](C)(C)C)(OC)OC. The van der Waals surface area contributed by atoms with Gasteiger partial charge in [0.2, 0.25) is 0 Å². The van der Waals surface area contributed by atoms with Gasteiger partial charge in [-0.25, -0.2) is 0 Å². The highest BCUT2D eigenvalue weighted by Crippen LogP contribution is 2.14. The summed E-state index contributed by atoms with van der Waals surface area (Å²) >= 11 is 0. The molecular formula is C12H34BNO3Si2. The molecule has 0 aromatic rings. The minimum atomic E-state index is -2.32. The van der Waals surface area contributed by atoms with Gasteiger partial charge in [0.25, 0.3) is 0 Å². The Morgan fingerprint density at radius 3 is 1.95 bits per heavy atom. The van der Waals surface area contributed by atoms with Gasteiger partial charge < -0.3 is 18.5 Å². The first-order chi connectivity index (χ1) is 8.89. The average Bonchev–Trinajstić information content (AvgIpc) is 2.37. The van der Waals surface area contributed by atoms with Gasteiger partial charge in [-0.2, -0.15) is 0 Å². The average molecular weight is 307 g/mol. The van der Waals surface area contributed by atoms with E-state index in [0.29, 0.717) is 0 Å². The molecule has 7 heteroatoms. The van der Waals surface area contributed by atoms with Crippen molar-refractivity contribution in [3.63, 3.8) is 0 Å². The highest BCUT2D eigenvalue weighted by atomic mass is 28.4. The second kappa shape index (κ2) is 10.1. The quantitative estimate of drug-likeness (QED) is 0.433. The van der Waals surface area contributed by atoms with Crippen molar-refractivity contribution in [2.45, 2.75) is 50.9 Å². The predicted molar refractivity (Wildman–Crippen MR) is 89.1 cm³/mol. The van der Waals surface area contributed by atoms with Gasteiger partial charge in [0.15, 0.2) is 7.41 Å². The molecule has 4 nitrogen and oxygen atoms in total. The number of hydrogen-bond donors (Lipinski definition) is 1. The van der Waals surface area contributed by atoms with Crippen LogP contribution in [0.1, 0.15) is 12.8 Å². The van der Waals surface area contributed by atoms with E-state index in [1.807, 2.05) is 0 Å². The third-order valence-electron chi connectivity index (χ3n) is 3.77. The molecule has 0 aliphatic rings. The number of hydrogen-bond acceptors (Lipinski definition) is 3. The maximum absolute atomic E-state index is 5.41. The Morgan fingerprint density at radius 1 is 0.895 bits per heavy atom. The fraction of sp³-hybridized carbons (Fsp3) is 1.00. The molecule has 0 heterocycles. The minimum absolute atomic E-state index is 0.169. The molecule has 0 spiro atoms. The van der Waals surface area contributed by atoms with Gasteiger partial charge in [-0.1, -0.05) is 32.1 Å². The van der Waals surface area contributed by atoms with Crippen LogP contribution in [-0.2, 0) is 13.3 Å². The monoisotopic (exact) mass is 307 g/mol. The van der Waals surface area contributed by atoms with Crippen LogP contribution in [0.15, 0.2) is 0 Å². The lowest BCUT2D eigenvalue weighted by Gasteiger charge is -2.24. The Bertz CT molecular complexity index is 215. The zero-order chi connectivity index (χ0) is 14.8. The lowest BCUT2D eigenvalue weighted by atomic mass is 9.87. The van der Waals surface area contributed by atoms with Crippen LogP contribution in [0, 0.1) is 0 Å². The van der Waals surface area contributed by atoms with Crippen LogP contribution in [0.3, 0.4) is 0 Å². The van der Waals surface area contributed by atoms with Gasteiger partial charge in [-0.05, 0) is 6.42 Å². The van der Waals surface area contributed by atoms with Crippen LogP contribution < -0.4 is 5.23 Å². The Hall–Kier alpha value is 0.339. The van der Waals surface area contributed by atoms with Crippen LogP contribution in [0.2, 0.25) is 38.0 Å². The summed E-state index contributed by atoms with van der Waals surface area (Å²) in [6, 6.07) is 2.41. The Labute approximate surface area is 122 Å². The highest BCUT2D eigenvalue weighted by molar-refractivity contribution is 6.76. The molecule has 0 bridgehead atoms. The van der Waals surface area contributed by atoms with E-state index in [4.69, 9.17) is 13.3 Å². The summed E-state index contributed by atoms with van der Waals surface area (Å²) in [4.78, 5) is 0. The zero-order valence-corrected chi connectivity index (χ0v) is 16.0. The molecular weight excluding hydrogens is 273 g/mol. The number of quaternary nitrogens is 1. The van der Waals surface area contributed by atoms with Crippen molar-refractivity contribution < 1.29 is 18.5 Å². The first kappa shape index (κ1) is 19.3. The van der Waals surface area contributed by atoms with Crippen molar-refractivity contribution in [2.24, 2.45) is 0 Å². The first-order valence-corrected chi connectivity index (χ1v) is 13.4. The van der Waals surface area contributed by atoms with E-state index >= 15 is 0 Å². The predicted octanol–water partition coefficient (Wildman–Crippen LogP) is 1.05. The molecule has 0 aromatic carbocycles. The van der Waals surface area contributed by atoms with Gasteiger partial charge >= 0.3 is 8.80 Å². The van der Waals surface area contributed by atoms with Crippen molar-refractivity contribution in [3.05, 3.63) is 0 Å². The molecule has 116 valence electrons. The first-order valence-electron chi connectivity index (χ1n) is 7.74. The lowest BCUT2D eigenvalue weighted by Crippen LogP contribution is -2.86. The standard InChI is InChI=1S/C12H34BNO3Si2/c1-15-19(16-2,17-3)12-8-10-14-13-9-7-11-18(4,5)6/h7-14H2,1-6H3. The summed E-state index contributed by atoms with van der Waals surface area (Å²) < 4.78 is 16.2. The molecule has 0 saturated carbocycles. The van der Waals surface area contributed by atoms with Crippen molar-refractivity contribution in [1.29, 1.82) is 0 Å². The fourth-order valence-corrected chi connectivity index (χ4v) is 5.56. The summed E-state index contributed by atoms with van der Waals surface area (Å²) in [5.74, 6) is 0. The van der Waals surface area contributed by atoms with E-state index < -0.39 is 16.9 Å². The fourth-order valence-electron chi connectivity index (χ4n) is 2.40. The Balaban J connectivity index is 3.50. The van der Waals surface area contributed by atoms with Gasteiger partial charge in [-0.15, -0.1) is 6.32 Å². The topological polar surface area (TPSA) is 44.3 Å². The van der Waals surface area contributed by atoms with Crippen LogP contribution >= 0.6 is 0 Å². The number of nitrogens with two attached hydrogens (primary N) is 1. The van der Waals surface area contributed by atoms with Gasteiger partial charge in [-0.3, -0.25) is 0 Å². The zero-order valence-electron chi connectivity index (χ0n) is 14.0. The molecule has 0 fully saturated rings.